The quantitative estimate of drug-likeness (QED) is 0.0602. The number of carboxylic acids is 1. The highest BCUT2D eigenvalue weighted by atomic mass is 16.6. The van der Waals surface area contributed by atoms with Crippen LogP contribution in [0.2, 0.25) is 0 Å². The number of H-pyrrole nitrogens is 1. The fourth-order valence-corrected chi connectivity index (χ4v) is 13.0. The van der Waals surface area contributed by atoms with Gasteiger partial charge in [-0.3, -0.25) is 23.9 Å². The molecule has 1 aromatic heterocycles. The molecule has 13 nitrogen and oxygen atoms in total. The van der Waals surface area contributed by atoms with Gasteiger partial charge in [-0.1, -0.05) is 85.8 Å². The summed E-state index contributed by atoms with van der Waals surface area (Å²) in [6.07, 6.45) is 15.9. The van der Waals surface area contributed by atoms with Gasteiger partial charge >= 0.3 is 17.8 Å². The van der Waals surface area contributed by atoms with Crippen LogP contribution >= 0.6 is 0 Å². The zero-order valence-electron chi connectivity index (χ0n) is 39.0. The lowest BCUT2D eigenvalue weighted by molar-refractivity contribution is -0.137. The standard InChI is InChI=1S/C49H78N4O9/c1-9-12-40-31(5)43(60-26-11-15-42(55)56)44(62-40)36-28-53(46(58)52-45(36)57)25-22-41(54)50-32(6)51-47(59)61-34-20-23-48(7)33(27-34)16-17-35-38-19-18-37(30(4)14-10-13-29(2)3)49(38,8)24-21-39(35)48/h16,28-32,34-35,37-40,43-44H,9-15,17-27H2,1-8H3,(H,50,54)(H,51,59)(H,55,56)(H,52,57,58). The van der Waals surface area contributed by atoms with Gasteiger partial charge < -0.3 is 30.0 Å². The average molecular weight is 867 g/mol. The predicted octanol–water partition coefficient (Wildman–Crippen LogP) is 8.65. The predicted molar refractivity (Wildman–Crippen MR) is 238 cm³/mol. The molecule has 4 fully saturated rings. The Balaban J connectivity index is 0.982. The number of aromatic amines is 1. The number of aryl methyl sites for hydroxylation is 1. The van der Waals surface area contributed by atoms with E-state index < -0.39 is 41.7 Å². The van der Waals surface area contributed by atoms with Crippen molar-refractivity contribution in [1.82, 2.24) is 20.2 Å². The first kappa shape index (κ1) is 48.0. The van der Waals surface area contributed by atoms with Gasteiger partial charge in [-0.05, 0) is 111 Å². The summed E-state index contributed by atoms with van der Waals surface area (Å²) in [6.45, 7) is 18.2. The van der Waals surface area contributed by atoms with Crippen molar-refractivity contribution in [3.8, 4) is 0 Å². The number of amides is 2. The fraction of sp³-hybridized carbons (Fsp3) is 0.816. The molecule has 13 unspecified atom stereocenters. The van der Waals surface area contributed by atoms with Crippen LogP contribution in [0.1, 0.15) is 170 Å². The molecule has 62 heavy (non-hydrogen) atoms. The molecule has 0 spiro atoms. The topological polar surface area (TPSA) is 178 Å². The number of carbonyl (C=O) groups excluding carboxylic acids is 2. The summed E-state index contributed by atoms with van der Waals surface area (Å²) in [5.41, 5.74) is 1.01. The van der Waals surface area contributed by atoms with Gasteiger partial charge in [0, 0.05) is 44.5 Å². The molecular weight excluding hydrogens is 789 g/mol. The molecule has 4 N–H and O–H groups in total. The van der Waals surface area contributed by atoms with Gasteiger partial charge in [-0.15, -0.1) is 0 Å². The van der Waals surface area contributed by atoms with E-state index in [1.54, 1.807) is 6.92 Å². The Bertz CT molecular complexity index is 1870. The lowest BCUT2D eigenvalue weighted by Gasteiger charge is -2.58. The number of rotatable bonds is 19. The molecule has 2 heterocycles. The van der Waals surface area contributed by atoms with Crippen LogP contribution in [0.4, 0.5) is 4.79 Å². The summed E-state index contributed by atoms with van der Waals surface area (Å²) in [6, 6.07) is 0. The molecule has 3 saturated carbocycles. The van der Waals surface area contributed by atoms with Gasteiger partial charge in [-0.25, -0.2) is 9.59 Å². The summed E-state index contributed by atoms with van der Waals surface area (Å²) in [7, 11) is 0. The third kappa shape index (κ3) is 10.7. The minimum Gasteiger partial charge on any atom is -0.481 e. The zero-order valence-corrected chi connectivity index (χ0v) is 39.0. The Morgan fingerprint density at radius 3 is 2.50 bits per heavy atom. The van der Waals surface area contributed by atoms with E-state index in [1.807, 2.05) is 13.8 Å². The van der Waals surface area contributed by atoms with Gasteiger partial charge in [0.15, 0.2) is 0 Å². The van der Waals surface area contributed by atoms with Crippen molar-refractivity contribution in [2.45, 2.75) is 195 Å². The summed E-state index contributed by atoms with van der Waals surface area (Å²) < 4.78 is 19.7. The lowest BCUT2D eigenvalue weighted by Crippen LogP contribution is -2.51. The Morgan fingerprint density at radius 1 is 1.00 bits per heavy atom. The highest BCUT2D eigenvalue weighted by molar-refractivity contribution is 5.77. The number of nitrogens with zero attached hydrogens (tertiary/aromatic N) is 1. The molecular formula is C49H78N4O9. The number of ether oxygens (including phenoxy) is 3. The van der Waals surface area contributed by atoms with Gasteiger partial charge in [0.05, 0.1) is 17.8 Å². The molecule has 1 saturated heterocycles. The number of allylic oxidation sites excluding steroid dienone is 1. The number of carboxylic acid groups (broad SMARTS) is 1. The largest absolute Gasteiger partial charge is 0.481 e. The lowest BCUT2D eigenvalue weighted by atomic mass is 9.47. The molecule has 348 valence electrons. The van der Waals surface area contributed by atoms with E-state index in [2.05, 4.69) is 56.3 Å². The number of aliphatic carboxylic acids is 1. The number of alkyl carbamates (subject to hydrolysis) is 1. The SMILES string of the molecule is CCCC1OC(c2cn(CCC(=O)NC(C)NC(=O)OC3CCC4(C)C(=CCC5C4CCC4(C)C(C(C)CCCC(C)C)CCC54)C3)c(=O)[nH]c2=O)C(OCCCC(=O)O)C1C. The number of carbonyl (C=O) groups is 3. The van der Waals surface area contributed by atoms with Crippen molar-refractivity contribution in [3.05, 3.63) is 44.2 Å². The van der Waals surface area contributed by atoms with Crippen LogP contribution in [-0.4, -0.2) is 63.7 Å². The van der Waals surface area contributed by atoms with E-state index in [4.69, 9.17) is 19.3 Å². The van der Waals surface area contributed by atoms with E-state index in [1.165, 1.54) is 61.3 Å². The van der Waals surface area contributed by atoms with Crippen LogP contribution in [0.3, 0.4) is 0 Å². The van der Waals surface area contributed by atoms with Gasteiger partial charge in [0.2, 0.25) is 5.91 Å². The van der Waals surface area contributed by atoms with Crippen molar-refractivity contribution >= 4 is 18.0 Å². The van der Waals surface area contributed by atoms with E-state index in [9.17, 15) is 24.0 Å². The van der Waals surface area contributed by atoms with E-state index >= 15 is 0 Å². The van der Waals surface area contributed by atoms with Crippen molar-refractivity contribution < 1.29 is 33.7 Å². The third-order valence-corrected chi connectivity index (χ3v) is 16.3. The minimum atomic E-state index is -0.912. The molecule has 4 aliphatic carbocycles. The second-order valence-corrected chi connectivity index (χ2v) is 20.9. The van der Waals surface area contributed by atoms with Gasteiger partial charge in [-0.2, -0.15) is 0 Å². The number of hydrogen-bond donors (Lipinski definition) is 4. The molecule has 5 aliphatic rings. The maximum atomic E-state index is 13.1. The maximum absolute atomic E-state index is 13.1. The van der Waals surface area contributed by atoms with Crippen molar-refractivity contribution in [1.29, 1.82) is 0 Å². The Kier molecular flexibility index (Phi) is 15.9. The molecule has 2 amide bonds. The molecule has 0 radical (unpaired) electrons. The third-order valence-electron chi connectivity index (χ3n) is 16.3. The monoisotopic (exact) mass is 867 g/mol. The molecule has 0 bridgehead atoms. The van der Waals surface area contributed by atoms with Crippen LogP contribution < -0.4 is 21.9 Å². The van der Waals surface area contributed by atoms with Crippen molar-refractivity contribution in [3.63, 3.8) is 0 Å². The van der Waals surface area contributed by atoms with Crippen molar-refractivity contribution in [2.75, 3.05) is 6.61 Å². The fourth-order valence-electron chi connectivity index (χ4n) is 13.0. The van der Waals surface area contributed by atoms with Gasteiger partial charge in [0.1, 0.15) is 18.4 Å². The summed E-state index contributed by atoms with van der Waals surface area (Å²) in [5, 5.41) is 14.6. The Morgan fingerprint density at radius 2 is 1.77 bits per heavy atom. The summed E-state index contributed by atoms with van der Waals surface area (Å²) in [4.78, 5) is 65.5. The van der Waals surface area contributed by atoms with E-state index in [-0.39, 0.29) is 61.0 Å². The first-order valence-corrected chi connectivity index (χ1v) is 24.2. The molecule has 13 heteroatoms. The van der Waals surface area contributed by atoms with E-state index in [0.29, 0.717) is 17.8 Å². The zero-order chi connectivity index (χ0) is 44.9. The summed E-state index contributed by atoms with van der Waals surface area (Å²) in [5.74, 6) is 3.26. The van der Waals surface area contributed by atoms with Crippen LogP contribution in [0.15, 0.2) is 27.4 Å². The summed E-state index contributed by atoms with van der Waals surface area (Å²) >= 11 is 0. The van der Waals surface area contributed by atoms with Gasteiger partial charge in [0.25, 0.3) is 5.56 Å². The Hall–Kier alpha value is -3.45. The second kappa shape index (κ2) is 20.6. The maximum Gasteiger partial charge on any atom is 0.409 e. The van der Waals surface area contributed by atoms with Crippen LogP contribution in [-0.2, 0) is 30.3 Å². The van der Waals surface area contributed by atoms with Crippen LogP contribution in [0, 0.1) is 52.3 Å². The number of hydrogen-bond acceptors (Lipinski definition) is 8. The molecule has 6 rings (SSSR count). The Labute approximate surface area is 369 Å². The normalized spacial score (nSPS) is 33.8. The first-order chi connectivity index (χ1) is 29.4. The average Bonchev–Trinajstić information content (AvgIpc) is 3.71. The molecule has 1 aliphatic heterocycles. The smallest absolute Gasteiger partial charge is 0.409 e. The van der Waals surface area contributed by atoms with Crippen molar-refractivity contribution in [2.24, 2.45) is 52.3 Å². The first-order valence-electron chi connectivity index (χ1n) is 24.2. The molecule has 13 atom stereocenters. The number of nitrogens with one attached hydrogen (secondary N) is 3. The second-order valence-electron chi connectivity index (χ2n) is 20.9. The minimum absolute atomic E-state index is 0.0215. The highest BCUT2D eigenvalue weighted by Crippen LogP contribution is 2.67. The molecule has 1 aromatic rings. The van der Waals surface area contributed by atoms with E-state index in [0.717, 1.165) is 68.1 Å². The highest BCUT2D eigenvalue weighted by Gasteiger charge is 2.59. The number of fused-ring (bicyclic) bond motifs is 5. The van der Waals surface area contributed by atoms with Crippen LogP contribution in [0.5, 0.6) is 0 Å². The van der Waals surface area contributed by atoms with Crippen LogP contribution in [0.25, 0.3) is 0 Å². The number of aromatic nitrogens is 2. The molecule has 0 aromatic carbocycles.